The Labute approximate surface area is 199 Å². The number of hydrogen-bond acceptors (Lipinski definition) is 9. The number of anilines is 3. The second kappa shape index (κ2) is 10.9. The predicted molar refractivity (Wildman–Crippen MR) is 132 cm³/mol. The van der Waals surface area contributed by atoms with E-state index in [1.54, 1.807) is 6.20 Å². The van der Waals surface area contributed by atoms with E-state index in [4.69, 9.17) is 14.2 Å². The molecule has 0 radical (unpaired) electrons. The lowest BCUT2D eigenvalue weighted by Crippen LogP contribution is -2.39. The van der Waals surface area contributed by atoms with E-state index < -0.39 is 0 Å². The Kier molecular flexibility index (Phi) is 7.33. The third kappa shape index (κ3) is 5.72. The van der Waals surface area contributed by atoms with Gasteiger partial charge < -0.3 is 24.8 Å². The van der Waals surface area contributed by atoms with Crippen LogP contribution in [0, 0.1) is 12.8 Å². The van der Waals surface area contributed by atoms with Crippen LogP contribution in [0.1, 0.15) is 12.1 Å². The Morgan fingerprint density at radius 1 is 1.09 bits per heavy atom. The van der Waals surface area contributed by atoms with E-state index in [0.717, 1.165) is 81.2 Å². The summed E-state index contributed by atoms with van der Waals surface area (Å²) in [5.41, 5.74) is 1.86. The van der Waals surface area contributed by atoms with Crippen molar-refractivity contribution in [2.75, 3.05) is 69.8 Å². The Bertz CT molecular complexity index is 1100. The highest BCUT2D eigenvalue weighted by molar-refractivity contribution is 5.94. The molecule has 0 bridgehead atoms. The van der Waals surface area contributed by atoms with Crippen LogP contribution in [0.3, 0.4) is 0 Å². The SMILES string of the molecule is Cc1ncc(Nc2cc3cccc(NCCN4CCOCC4)c3cn2)nc1OCC1CCOC1. The van der Waals surface area contributed by atoms with Gasteiger partial charge in [0.05, 0.1) is 38.3 Å². The Hall–Kier alpha value is -3.01. The molecule has 2 N–H and O–H groups in total. The smallest absolute Gasteiger partial charge is 0.237 e. The summed E-state index contributed by atoms with van der Waals surface area (Å²) in [4.78, 5) is 16.1. The summed E-state index contributed by atoms with van der Waals surface area (Å²) in [5, 5.41) is 9.03. The highest BCUT2D eigenvalue weighted by Gasteiger charge is 2.17. The highest BCUT2D eigenvalue weighted by atomic mass is 16.5. The van der Waals surface area contributed by atoms with Gasteiger partial charge in [-0.2, -0.15) is 4.98 Å². The first-order chi connectivity index (χ1) is 16.7. The average Bonchev–Trinajstić information content (AvgIpc) is 3.39. The average molecular weight is 465 g/mol. The molecule has 4 heterocycles. The quantitative estimate of drug-likeness (QED) is 0.495. The van der Waals surface area contributed by atoms with Gasteiger partial charge >= 0.3 is 0 Å². The van der Waals surface area contributed by atoms with Crippen LogP contribution in [-0.2, 0) is 9.47 Å². The maximum absolute atomic E-state index is 5.93. The summed E-state index contributed by atoms with van der Waals surface area (Å²) in [7, 11) is 0. The number of aryl methyl sites for hydroxylation is 1. The summed E-state index contributed by atoms with van der Waals surface area (Å²) in [6, 6.07) is 8.28. The van der Waals surface area contributed by atoms with Crippen molar-refractivity contribution >= 4 is 28.1 Å². The van der Waals surface area contributed by atoms with Gasteiger partial charge in [0.1, 0.15) is 5.82 Å². The molecule has 34 heavy (non-hydrogen) atoms. The van der Waals surface area contributed by atoms with E-state index in [1.807, 2.05) is 19.2 Å². The molecule has 0 spiro atoms. The number of rotatable bonds is 9. The fourth-order valence-corrected chi connectivity index (χ4v) is 4.24. The van der Waals surface area contributed by atoms with Crippen molar-refractivity contribution < 1.29 is 14.2 Å². The van der Waals surface area contributed by atoms with Crippen LogP contribution in [0.25, 0.3) is 10.8 Å². The molecule has 2 aliphatic heterocycles. The number of pyridine rings is 1. The molecule has 1 aromatic carbocycles. The monoisotopic (exact) mass is 464 g/mol. The zero-order chi connectivity index (χ0) is 23.2. The molecule has 9 nitrogen and oxygen atoms in total. The standard InChI is InChI=1S/C25H32N6O3/c1-18-25(34-17-19-5-10-33-16-19)30-24(15-27-18)29-23-13-20-3-2-4-22(21(20)14-28-23)26-6-7-31-8-11-32-12-9-31/h2-4,13-15,19,26H,5-12,16-17H2,1H3,(H,28,29,30). The number of morpholine rings is 1. The minimum Gasteiger partial charge on any atom is -0.476 e. The minimum atomic E-state index is 0.414. The molecule has 2 saturated heterocycles. The van der Waals surface area contributed by atoms with Crippen LogP contribution in [-0.4, -0.2) is 79.1 Å². The molecule has 2 aliphatic rings. The van der Waals surface area contributed by atoms with Crippen LogP contribution < -0.4 is 15.4 Å². The molecule has 3 aromatic rings. The van der Waals surface area contributed by atoms with Crippen molar-refractivity contribution in [3.8, 4) is 5.88 Å². The summed E-state index contributed by atoms with van der Waals surface area (Å²) < 4.78 is 16.8. The van der Waals surface area contributed by atoms with Crippen molar-refractivity contribution in [1.82, 2.24) is 19.9 Å². The van der Waals surface area contributed by atoms with Crippen molar-refractivity contribution in [3.05, 3.63) is 42.4 Å². The van der Waals surface area contributed by atoms with E-state index in [0.29, 0.717) is 30.0 Å². The molecule has 180 valence electrons. The first kappa shape index (κ1) is 22.8. The van der Waals surface area contributed by atoms with Crippen molar-refractivity contribution in [2.24, 2.45) is 5.92 Å². The number of fused-ring (bicyclic) bond motifs is 1. The van der Waals surface area contributed by atoms with E-state index >= 15 is 0 Å². The molecule has 2 fully saturated rings. The molecule has 0 aliphatic carbocycles. The number of nitrogens with zero attached hydrogens (tertiary/aromatic N) is 4. The van der Waals surface area contributed by atoms with Crippen LogP contribution in [0.2, 0.25) is 0 Å². The van der Waals surface area contributed by atoms with Crippen molar-refractivity contribution in [1.29, 1.82) is 0 Å². The highest BCUT2D eigenvalue weighted by Crippen LogP contribution is 2.26. The lowest BCUT2D eigenvalue weighted by molar-refractivity contribution is 0.0398. The largest absolute Gasteiger partial charge is 0.476 e. The van der Waals surface area contributed by atoms with Gasteiger partial charge in [-0.25, -0.2) is 4.98 Å². The second-order valence-corrected chi connectivity index (χ2v) is 8.79. The molecule has 1 atom stereocenters. The van der Waals surface area contributed by atoms with E-state index in [1.165, 1.54) is 0 Å². The summed E-state index contributed by atoms with van der Waals surface area (Å²) in [6.45, 7) is 9.56. The molecule has 0 saturated carbocycles. The molecule has 0 amide bonds. The first-order valence-electron chi connectivity index (χ1n) is 12.0. The fraction of sp³-hybridized carbons (Fsp3) is 0.480. The maximum Gasteiger partial charge on any atom is 0.237 e. The number of aromatic nitrogens is 3. The van der Waals surface area contributed by atoms with Crippen molar-refractivity contribution in [2.45, 2.75) is 13.3 Å². The number of ether oxygens (including phenoxy) is 3. The van der Waals surface area contributed by atoms with Crippen molar-refractivity contribution in [3.63, 3.8) is 0 Å². The molecular formula is C25H32N6O3. The Balaban J connectivity index is 1.23. The lowest BCUT2D eigenvalue weighted by Gasteiger charge is -2.26. The number of nitrogens with one attached hydrogen (secondary N) is 2. The van der Waals surface area contributed by atoms with E-state index in [9.17, 15) is 0 Å². The first-order valence-corrected chi connectivity index (χ1v) is 12.0. The fourth-order valence-electron chi connectivity index (χ4n) is 4.24. The van der Waals surface area contributed by atoms with Crippen LogP contribution in [0.4, 0.5) is 17.3 Å². The second-order valence-electron chi connectivity index (χ2n) is 8.79. The zero-order valence-corrected chi connectivity index (χ0v) is 19.6. The van der Waals surface area contributed by atoms with Gasteiger partial charge in [-0.3, -0.25) is 9.88 Å². The van der Waals surface area contributed by atoms with Crippen LogP contribution in [0.15, 0.2) is 36.7 Å². The topological polar surface area (TPSA) is 93.7 Å². The number of benzene rings is 1. The lowest BCUT2D eigenvalue weighted by atomic mass is 10.1. The van der Waals surface area contributed by atoms with Gasteiger partial charge in [0.25, 0.3) is 0 Å². The molecular weight excluding hydrogens is 432 g/mol. The minimum absolute atomic E-state index is 0.414. The summed E-state index contributed by atoms with van der Waals surface area (Å²) >= 11 is 0. The molecule has 1 unspecified atom stereocenters. The molecule has 9 heteroatoms. The Morgan fingerprint density at radius 3 is 2.85 bits per heavy atom. The molecule has 5 rings (SSSR count). The third-order valence-electron chi connectivity index (χ3n) is 6.26. The van der Waals surface area contributed by atoms with E-state index in [-0.39, 0.29) is 0 Å². The maximum atomic E-state index is 5.93. The predicted octanol–water partition coefficient (Wildman–Crippen LogP) is 3.24. The Morgan fingerprint density at radius 2 is 2.00 bits per heavy atom. The number of hydrogen-bond donors (Lipinski definition) is 2. The molecule has 2 aromatic heterocycles. The summed E-state index contributed by atoms with van der Waals surface area (Å²) in [6.07, 6.45) is 4.62. The van der Waals surface area contributed by atoms with E-state index in [2.05, 4.69) is 48.7 Å². The van der Waals surface area contributed by atoms with Gasteiger partial charge in [0.15, 0.2) is 5.82 Å². The van der Waals surface area contributed by atoms with Gasteiger partial charge in [-0.15, -0.1) is 0 Å². The summed E-state index contributed by atoms with van der Waals surface area (Å²) in [5.74, 6) is 2.28. The van der Waals surface area contributed by atoms with Crippen LogP contribution >= 0.6 is 0 Å². The van der Waals surface area contributed by atoms with Gasteiger partial charge in [0, 0.05) is 56.0 Å². The van der Waals surface area contributed by atoms with Gasteiger partial charge in [-0.1, -0.05) is 12.1 Å². The van der Waals surface area contributed by atoms with Crippen LogP contribution in [0.5, 0.6) is 5.88 Å². The zero-order valence-electron chi connectivity index (χ0n) is 19.6. The third-order valence-corrected chi connectivity index (χ3v) is 6.26. The van der Waals surface area contributed by atoms with Gasteiger partial charge in [0.2, 0.25) is 5.88 Å². The van der Waals surface area contributed by atoms with Gasteiger partial charge in [-0.05, 0) is 30.9 Å². The normalized spacial score (nSPS) is 18.8.